The van der Waals surface area contributed by atoms with E-state index in [1.165, 1.54) is 11.8 Å². The highest BCUT2D eigenvalue weighted by Crippen LogP contribution is 2.36. The zero-order chi connectivity index (χ0) is 20.1. The quantitative estimate of drug-likeness (QED) is 0.541. The summed E-state index contributed by atoms with van der Waals surface area (Å²) in [7, 11) is 1.65. The van der Waals surface area contributed by atoms with Crippen LogP contribution in [-0.2, 0) is 11.3 Å². The molecule has 1 aliphatic heterocycles. The summed E-state index contributed by atoms with van der Waals surface area (Å²) < 4.78 is 5.21. The summed E-state index contributed by atoms with van der Waals surface area (Å²) in [5.41, 5.74) is 2.86. The van der Waals surface area contributed by atoms with Crippen molar-refractivity contribution in [2.45, 2.75) is 6.54 Å². The topological polar surface area (TPSA) is 41.9 Å². The van der Waals surface area contributed by atoms with Gasteiger partial charge in [0.2, 0.25) is 0 Å². The predicted octanol–water partition coefficient (Wildman–Crippen LogP) is 5.37. The Morgan fingerprint density at radius 3 is 2.24 bits per heavy atom. The highest BCUT2D eigenvalue weighted by molar-refractivity contribution is 8.19. The van der Waals surface area contributed by atoms with Gasteiger partial charge in [-0.25, -0.2) is 0 Å². The summed E-state index contributed by atoms with van der Waals surface area (Å²) in [5, 5.41) is 0.680. The molecule has 0 radical (unpaired) electrons. The summed E-state index contributed by atoms with van der Waals surface area (Å²) >= 11 is 1.41. The van der Waals surface area contributed by atoms with Crippen LogP contribution in [0.2, 0.25) is 0 Å². The number of hydrogen-bond donors (Lipinski definition) is 0. The minimum Gasteiger partial charge on any atom is -0.497 e. The number of rotatable bonds is 5. The third-order valence-electron chi connectivity index (χ3n) is 4.47. The Balaban J connectivity index is 1.65. The third kappa shape index (κ3) is 4.41. The molecular formula is C24H20N2O2S. The molecule has 4 nitrogen and oxygen atoms in total. The van der Waals surface area contributed by atoms with Crippen molar-refractivity contribution in [3.05, 3.63) is 101 Å². The Hall–Kier alpha value is -3.31. The standard InChI is InChI=1S/C24H20N2O2S/c1-28-21-14-12-19(13-15-21)17-25-24-26(20-10-6-3-7-11-20)23(27)22(29-24)16-18-8-4-2-5-9-18/h2-16H,17H2,1H3/b22-16-,25-24?. The number of carbonyl (C=O) groups excluding carboxylic acids is 1. The van der Waals surface area contributed by atoms with E-state index in [1.807, 2.05) is 91.0 Å². The molecule has 0 N–H and O–H groups in total. The van der Waals surface area contributed by atoms with E-state index >= 15 is 0 Å². The van der Waals surface area contributed by atoms with Gasteiger partial charge in [-0.15, -0.1) is 0 Å². The Kier molecular flexibility index (Phi) is 5.77. The first kappa shape index (κ1) is 19.0. The van der Waals surface area contributed by atoms with Gasteiger partial charge < -0.3 is 4.74 Å². The number of anilines is 1. The van der Waals surface area contributed by atoms with Gasteiger partial charge in [-0.1, -0.05) is 60.7 Å². The molecular weight excluding hydrogens is 380 g/mol. The molecule has 0 bridgehead atoms. The molecule has 0 unspecified atom stereocenters. The van der Waals surface area contributed by atoms with E-state index in [-0.39, 0.29) is 5.91 Å². The molecule has 1 heterocycles. The van der Waals surface area contributed by atoms with Crippen LogP contribution in [0.25, 0.3) is 6.08 Å². The van der Waals surface area contributed by atoms with Crippen LogP contribution in [-0.4, -0.2) is 18.2 Å². The minimum absolute atomic E-state index is 0.0569. The van der Waals surface area contributed by atoms with Gasteiger partial charge in [0.15, 0.2) is 5.17 Å². The monoisotopic (exact) mass is 400 g/mol. The Bertz CT molecular complexity index is 1050. The van der Waals surface area contributed by atoms with E-state index in [2.05, 4.69) is 0 Å². The molecule has 0 spiro atoms. The molecule has 29 heavy (non-hydrogen) atoms. The fourth-order valence-electron chi connectivity index (χ4n) is 2.97. The van der Waals surface area contributed by atoms with Crippen LogP contribution in [0, 0.1) is 0 Å². The number of ether oxygens (including phenoxy) is 1. The molecule has 3 aromatic rings. The first-order valence-electron chi connectivity index (χ1n) is 9.26. The van der Waals surface area contributed by atoms with Crippen molar-refractivity contribution in [2.75, 3.05) is 12.0 Å². The second kappa shape index (κ2) is 8.80. The van der Waals surface area contributed by atoms with Gasteiger partial charge in [-0.2, -0.15) is 0 Å². The number of hydrogen-bond acceptors (Lipinski definition) is 4. The minimum atomic E-state index is -0.0569. The van der Waals surface area contributed by atoms with Crippen molar-refractivity contribution in [3.63, 3.8) is 0 Å². The van der Waals surface area contributed by atoms with Gasteiger partial charge in [0.25, 0.3) is 5.91 Å². The summed E-state index contributed by atoms with van der Waals surface area (Å²) in [6, 6.07) is 27.3. The van der Waals surface area contributed by atoms with Crippen LogP contribution in [0.4, 0.5) is 5.69 Å². The SMILES string of the molecule is COc1ccc(CN=C2S/C(=C\c3ccccc3)C(=O)N2c2ccccc2)cc1. The van der Waals surface area contributed by atoms with Crippen LogP contribution >= 0.6 is 11.8 Å². The van der Waals surface area contributed by atoms with Crippen molar-refractivity contribution in [3.8, 4) is 5.75 Å². The van der Waals surface area contributed by atoms with Crippen LogP contribution in [0.3, 0.4) is 0 Å². The molecule has 144 valence electrons. The number of amidine groups is 1. The summed E-state index contributed by atoms with van der Waals surface area (Å²) in [6.45, 7) is 0.488. The van der Waals surface area contributed by atoms with Crippen molar-refractivity contribution in [1.82, 2.24) is 0 Å². The normalized spacial score (nSPS) is 16.6. The number of nitrogens with zero attached hydrogens (tertiary/aromatic N) is 2. The van der Waals surface area contributed by atoms with Crippen LogP contribution < -0.4 is 9.64 Å². The van der Waals surface area contributed by atoms with Gasteiger partial charge in [-0.3, -0.25) is 14.7 Å². The predicted molar refractivity (Wildman–Crippen MR) is 120 cm³/mol. The highest BCUT2D eigenvalue weighted by Gasteiger charge is 2.34. The largest absolute Gasteiger partial charge is 0.497 e. The lowest BCUT2D eigenvalue weighted by Gasteiger charge is -2.15. The molecule has 0 saturated carbocycles. The lowest BCUT2D eigenvalue weighted by Crippen LogP contribution is -2.28. The first-order valence-corrected chi connectivity index (χ1v) is 10.1. The molecule has 0 aromatic heterocycles. The Morgan fingerprint density at radius 2 is 1.59 bits per heavy atom. The summed E-state index contributed by atoms with van der Waals surface area (Å²) in [5.74, 6) is 0.754. The van der Waals surface area contributed by atoms with E-state index in [0.29, 0.717) is 16.6 Å². The molecule has 1 amide bonds. The maximum atomic E-state index is 13.2. The number of carbonyl (C=O) groups is 1. The van der Waals surface area contributed by atoms with Crippen molar-refractivity contribution >= 4 is 34.6 Å². The number of para-hydroxylation sites is 1. The Labute approximate surface area is 174 Å². The molecule has 1 fully saturated rings. The molecule has 1 saturated heterocycles. The smallest absolute Gasteiger partial charge is 0.271 e. The van der Waals surface area contributed by atoms with Crippen LogP contribution in [0.15, 0.2) is 94.8 Å². The number of thioether (sulfide) groups is 1. The molecule has 0 aliphatic carbocycles. The van der Waals surface area contributed by atoms with Crippen LogP contribution in [0.5, 0.6) is 5.75 Å². The van der Waals surface area contributed by atoms with Gasteiger partial charge in [0.1, 0.15) is 5.75 Å². The molecule has 4 rings (SSSR count). The maximum Gasteiger partial charge on any atom is 0.271 e. The number of methoxy groups -OCH3 is 1. The molecule has 1 aliphatic rings. The number of amides is 1. The summed E-state index contributed by atoms with van der Waals surface area (Å²) in [4.78, 5) is 20.3. The average Bonchev–Trinajstić information content (AvgIpc) is 3.09. The van der Waals surface area contributed by atoms with E-state index in [1.54, 1.807) is 12.0 Å². The maximum absolute atomic E-state index is 13.2. The third-order valence-corrected chi connectivity index (χ3v) is 5.48. The lowest BCUT2D eigenvalue weighted by molar-refractivity contribution is -0.113. The van der Waals surface area contributed by atoms with Crippen molar-refractivity contribution in [1.29, 1.82) is 0 Å². The number of aliphatic imine (C=N–C) groups is 1. The molecule has 0 atom stereocenters. The van der Waals surface area contributed by atoms with Gasteiger partial charge in [0.05, 0.1) is 24.2 Å². The van der Waals surface area contributed by atoms with Crippen molar-refractivity contribution in [2.24, 2.45) is 4.99 Å². The number of benzene rings is 3. The zero-order valence-electron chi connectivity index (χ0n) is 16.0. The van der Waals surface area contributed by atoms with Gasteiger partial charge in [-0.05, 0) is 53.2 Å². The fourth-order valence-corrected chi connectivity index (χ4v) is 3.95. The van der Waals surface area contributed by atoms with Crippen molar-refractivity contribution < 1.29 is 9.53 Å². The Morgan fingerprint density at radius 1 is 0.931 bits per heavy atom. The molecule has 5 heteroatoms. The van der Waals surface area contributed by atoms with E-state index < -0.39 is 0 Å². The fraction of sp³-hybridized carbons (Fsp3) is 0.0833. The zero-order valence-corrected chi connectivity index (χ0v) is 16.8. The van der Waals surface area contributed by atoms with E-state index in [9.17, 15) is 4.79 Å². The van der Waals surface area contributed by atoms with Crippen LogP contribution in [0.1, 0.15) is 11.1 Å². The highest BCUT2D eigenvalue weighted by atomic mass is 32.2. The first-order chi connectivity index (χ1) is 14.2. The average molecular weight is 401 g/mol. The van der Waals surface area contributed by atoms with Gasteiger partial charge in [0, 0.05) is 0 Å². The second-order valence-electron chi connectivity index (χ2n) is 6.44. The molecule has 3 aromatic carbocycles. The van der Waals surface area contributed by atoms with Gasteiger partial charge >= 0.3 is 0 Å². The lowest BCUT2D eigenvalue weighted by atomic mass is 10.2. The van der Waals surface area contributed by atoms with E-state index in [4.69, 9.17) is 9.73 Å². The van der Waals surface area contributed by atoms with E-state index in [0.717, 1.165) is 22.6 Å². The second-order valence-corrected chi connectivity index (χ2v) is 7.45. The summed E-state index contributed by atoms with van der Waals surface area (Å²) in [6.07, 6.45) is 1.92.